The number of fused-ring (bicyclic) bond motifs is 2. The highest BCUT2D eigenvalue weighted by molar-refractivity contribution is 6.35. The van der Waals surface area contributed by atoms with E-state index >= 15 is 0 Å². The standard InChI is InChI=1S/C26H22Cl2N4O2/c1-32(2)25-20-13-29-12-19(15-9-16(27)11-17(28)10-15)24(20)30-14-21(25)26(33)31-22-7-8-34-23-6-4-3-5-18(22)23/h3-6,9-14,22H,7-8H2,1-2H3,(H,31,33)/t22-/m0/s1. The van der Waals surface area contributed by atoms with Crippen molar-refractivity contribution < 1.29 is 9.53 Å². The number of anilines is 1. The molecule has 1 amide bonds. The number of benzene rings is 2. The van der Waals surface area contributed by atoms with Crippen molar-refractivity contribution in [2.75, 3.05) is 25.6 Å². The Labute approximate surface area is 207 Å². The first-order valence-electron chi connectivity index (χ1n) is 10.9. The molecule has 1 N–H and O–H groups in total. The van der Waals surface area contributed by atoms with Crippen LogP contribution in [0.15, 0.2) is 61.1 Å². The molecule has 8 heteroatoms. The predicted molar refractivity (Wildman–Crippen MR) is 136 cm³/mol. The van der Waals surface area contributed by atoms with E-state index in [0.717, 1.165) is 33.5 Å². The molecule has 0 spiro atoms. The normalized spacial score (nSPS) is 14.9. The second kappa shape index (κ2) is 9.12. The van der Waals surface area contributed by atoms with Crippen LogP contribution in [0.2, 0.25) is 10.0 Å². The molecule has 0 unspecified atom stereocenters. The summed E-state index contributed by atoms with van der Waals surface area (Å²) in [5.74, 6) is 0.605. The Balaban J connectivity index is 1.58. The number of nitrogens with zero attached hydrogens (tertiary/aromatic N) is 3. The highest BCUT2D eigenvalue weighted by Crippen LogP contribution is 2.36. The smallest absolute Gasteiger partial charge is 0.255 e. The van der Waals surface area contributed by atoms with E-state index in [1.54, 1.807) is 24.7 Å². The summed E-state index contributed by atoms with van der Waals surface area (Å²) in [4.78, 5) is 24.5. The molecular formula is C26H22Cl2N4O2. The van der Waals surface area contributed by atoms with Crippen LogP contribution in [0.1, 0.15) is 28.4 Å². The summed E-state index contributed by atoms with van der Waals surface area (Å²) in [5.41, 5.74) is 4.50. The average molecular weight is 493 g/mol. The minimum absolute atomic E-state index is 0.138. The Hall–Kier alpha value is -3.35. The molecule has 1 atom stereocenters. The summed E-state index contributed by atoms with van der Waals surface area (Å²) in [6.45, 7) is 0.550. The third-order valence-electron chi connectivity index (χ3n) is 5.88. The molecule has 172 valence electrons. The van der Waals surface area contributed by atoms with Crippen molar-refractivity contribution in [2.45, 2.75) is 12.5 Å². The monoisotopic (exact) mass is 492 g/mol. The number of para-hydroxylation sites is 1. The van der Waals surface area contributed by atoms with E-state index < -0.39 is 0 Å². The van der Waals surface area contributed by atoms with Gasteiger partial charge in [-0.1, -0.05) is 41.4 Å². The Morgan fingerprint density at radius 2 is 1.85 bits per heavy atom. The van der Waals surface area contributed by atoms with Gasteiger partial charge in [-0.3, -0.25) is 14.8 Å². The van der Waals surface area contributed by atoms with E-state index in [-0.39, 0.29) is 11.9 Å². The molecule has 5 rings (SSSR count). The molecule has 0 fully saturated rings. The van der Waals surface area contributed by atoms with Crippen molar-refractivity contribution in [1.82, 2.24) is 15.3 Å². The molecule has 6 nitrogen and oxygen atoms in total. The minimum Gasteiger partial charge on any atom is -0.493 e. The fourth-order valence-corrected chi connectivity index (χ4v) is 4.92. The topological polar surface area (TPSA) is 67.4 Å². The molecule has 0 radical (unpaired) electrons. The highest BCUT2D eigenvalue weighted by atomic mass is 35.5. The van der Waals surface area contributed by atoms with E-state index in [4.69, 9.17) is 27.9 Å². The van der Waals surface area contributed by atoms with Crippen LogP contribution < -0.4 is 15.0 Å². The van der Waals surface area contributed by atoms with Crippen LogP contribution in [0.25, 0.3) is 22.0 Å². The van der Waals surface area contributed by atoms with E-state index in [9.17, 15) is 4.79 Å². The van der Waals surface area contributed by atoms with Gasteiger partial charge in [0.2, 0.25) is 0 Å². The first-order valence-corrected chi connectivity index (χ1v) is 11.6. The molecular weight excluding hydrogens is 471 g/mol. The lowest BCUT2D eigenvalue weighted by molar-refractivity contribution is 0.0925. The molecule has 1 aliphatic heterocycles. The molecule has 34 heavy (non-hydrogen) atoms. The summed E-state index contributed by atoms with van der Waals surface area (Å²) in [7, 11) is 3.80. The minimum atomic E-state index is -0.198. The Morgan fingerprint density at radius 1 is 1.09 bits per heavy atom. The van der Waals surface area contributed by atoms with Crippen molar-refractivity contribution >= 4 is 45.7 Å². The third-order valence-corrected chi connectivity index (χ3v) is 6.32. The SMILES string of the molecule is CN(C)c1c(C(=O)N[C@H]2CCOc3ccccc32)cnc2c(-c3cc(Cl)cc(Cl)c3)cncc12. The first kappa shape index (κ1) is 22.4. The zero-order chi connectivity index (χ0) is 23.8. The second-order valence-electron chi connectivity index (χ2n) is 8.36. The number of amides is 1. The van der Waals surface area contributed by atoms with Gasteiger partial charge in [-0.15, -0.1) is 0 Å². The molecule has 0 aliphatic carbocycles. The summed E-state index contributed by atoms with van der Waals surface area (Å²) in [5, 5.41) is 4.99. The van der Waals surface area contributed by atoms with Crippen LogP contribution in [0, 0.1) is 0 Å². The molecule has 3 heterocycles. The summed E-state index contributed by atoms with van der Waals surface area (Å²) in [6, 6.07) is 13.0. The van der Waals surface area contributed by atoms with Crippen molar-refractivity contribution in [2.24, 2.45) is 0 Å². The number of carbonyl (C=O) groups is 1. The van der Waals surface area contributed by atoms with Gasteiger partial charge >= 0.3 is 0 Å². The van der Waals surface area contributed by atoms with Gasteiger partial charge in [0.05, 0.1) is 29.4 Å². The van der Waals surface area contributed by atoms with Gasteiger partial charge in [0.25, 0.3) is 5.91 Å². The van der Waals surface area contributed by atoms with Crippen LogP contribution >= 0.6 is 23.2 Å². The lowest BCUT2D eigenvalue weighted by Crippen LogP contribution is -2.33. The molecule has 1 aliphatic rings. The molecule has 0 saturated heterocycles. The van der Waals surface area contributed by atoms with Crippen LogP contribution in [0.5, 0.6) is 5.75 Å². The van der Waals surface area contributed by atoms with Crippen molar-refractivity contribution in [1.29, 1.82) is 0 Å². The number of rotatable bonds is 4. The summed E-state index contributed by atoms with van der Waals surface area (Å²) >= 11 is 12.5. The quantitative estimate of drug-likeness (QED) is 0.382. The number of pyridine rings is 2. The van der Waals surface area contributed by atoms with Gasteiger partial charge < -0.3 is 15.0 Å². The number of hydrogen-bond acceptors (Lipinski definition) is 5. The van der Waals surface area contributed by atoms with Gasteiger partial charge in [0, 0.05) is 65.7 Å². The van der Waals surface area contributed by atoms with Gasteiger partial charge in [0.1, 0.15) is 5.75 Å². The molecule has 0 bridgehead atoms. The van der Waals surface area contributed by atoms with E-state index in [0.29, 0.717) is 34.2 Å². The third kappa shape index (κ3) is 4.15. The van der Waals surface area contributed by atoms with Crippen molar-refractivity contribution in [3.05, 3.63) is 82.2 Å². The van der Waals surface area contributed by atoms with E-state index in [1.807, 2.05) is 55.4 Å². The molecule has 4 aromatic rings. The number of carbonyl (C=O) groups excluding carboxylic acids is 1. The fraction of sp³-hybridized carbons (Fsp3) is 0.192. The maximum absolute atomic E-state index is 13.5. The van der Waals surface area contributed by atoms with Crippen LogP contribution in [0.3, 0.4) is 0 Å². The van der Waals surface area contributed by atoms with Gasteiger partial charge in [-0.05, 0) is 29.8 Å². The van der Waals surface area contributed by atoms with Gasteiger partial charge in [-0.25, -0.2) is 0 Å². The molecule has 0 saturated carbocycles. The number of halogens is 2. The second-order valence-corrected chi connectivity index (χ2v) is 9.23. The van der Waals surface area contributed by atoms with Crippen LogP contribution in [-0.4, -0.2) is 36.6 Å². The lowest BCUT2D eigenvalue weighted by Gasteiger charge is -2.27. The Bertz CT molecular complexity index is 1390. The maximum atomic E-state index is 13.5. The maximum Gasteiger partial charge on any atom is 0.255 e. The average Bonchev–Trinajstić information content (AvgIpc) is 2.82. The summed E-state index contributed by atoms with van der Waals surface area (Å²) < 4.78 is 5.73. The van der Waals surface area contributed by atoms with E-state index in [1.165, 1.54) is 0 Å². The van der Waals surface area contributed by atoms with Crippen LogP contribution in [0.4, 0.5) is 5.69 Å². The van der Waals surface area contributed by atoms with Crippen LogP contribution in [-0.2, 0) is 0 Å². The number of aromatic nitrogens is 2. The number of hydrogen-bond donors (Lipinski definition) is 1. The van der Waals surface area contributed by atoms with E-state index in [2.05, 4.69) is 15.3 Å². The van der Waals surface area contributed by atoms with Gasteiger partial charge in [-0.2, -0.15) is 0 Å². The number of nitrogens with one attached hydrogen (secondary N) is 1. The predicted octanol–water partition coefficient (Wildman–Crippen LogP) is 5.92. The first-order chi connectivity index (χ1) is 16.4. The largest absolute Gasteiger partial charge is 0.493 e. The number of ether oxygens (including phenoxy) is 1. The highest BCUT2D eigenvalue weighted by Gasteiger charge is 2.26. The van der Waals surface area contributed by atoms with Gasteiger partial charge in [0.15, 0.2) is 0 Å². The van der Waals surface area contributed by atoms with Crippen molar-refractivity contribution in [3.63, 3.8) is 0 Å². The zero-order valence-electron chi connectivity index (χ0n) is 18.7. The Morgan fingerprint density at radius 3 is 2.62 bits per heavy atom. The Kier molecular flexibility index (Phi) is 6.02. The van der Waals surface area contributed by atoms with Crippen molar-refractivity contribution in [3.8, 4) is 16.9 Å². The molecule has 2 aromatic carbocycles. The molecule has 2 aromatic heterocycles. The summed E-state index contributed by atoms with van der Waals surface area (Å²) in [6.07, 6.45) is 5.78. The fourth-order valence-electron chi connectivity index (χ4n) is 4.40. The zero-order valence-corrected chi connectivity index (χ0v) is 20.2. The lowest BCUT2D eigenvalue weighted by atomic mass is 9.99.